The van der Waals surface area contributed by atoms with Gasteiger partial charge >= 0.3 is 0 Å². The molecule has 5 nitrogen and oxygen atoms in total. The Morgan fingerprint density at radius 1 is 1.38 bits per heavy atom. The Balaban J connectivity index is 1.78. The Kier molecular flexibility index (Phi) is 4.07. The van der Waals surface area contributed by atoms with Gasteiger partial charge in [0.2, 0.25) is 6.79 Å². The average molecular weight is 325 g/mol. The highest BCUT2D eigenvalue weighted by Crippen LogP contribution is 2.40. The van der Waals surface area contributed by atoms with Crippen molar-refractivity contribution in [3.63, 3.8) is 0 Å². The zero-order chi connectivity index (χ0) is 14.8. The lowest BCUT2D eigenvalue weighted by Crippen LogP contribution is -2.09. The van der Waals surface area contributed by atoms with Crippen LogP contribution in [0.1, 0.15) is 18.2 Å². The molecule has 1 aromatic heterocycles. The molecule has 0 spiro atoms. The number of fused-ring (bicyclic) bond motifs is 1. The average Bonchev–Trinajstić information content (AvgIpc) is 2.93. The quantitative estimate of drug-likeness (QED) is 0.692. The maximum atomic E-state index is 11.5. The number of nitrogens with one attached hydrogen (secondary N) is 1. The Morgan fingerprint density at radius 2 is 2.24 bits per heavy atom. The third-order valence-electron chi connectivity index (χ3n) is 3.00. The number of benzene rings is 1. The summed E-state index contributed by atoms with van der Waals surface area (Å²) in [5, 5.41) is 1.14. The molecule has 110 valence electrons. The van der Waals surface area contributed by atoms with Gasteiger partial charge in [-0.3, -0.25) is 4.79 Å². The normalized spacial score (nSPS) is 12.7. The van der Waals surface area contributed by atoms with E-state index in [1.807, 2.05) is 19.1 Å². The molecule has 0 bridgehead atoms. The molecule has 0 fully saturated rings. The molecule has 0 amide bonds. The lowest BCUT2D eigenvalue weighted by molar-refractivity contribution is 0.174. The maximum Gasteiger partial charge on any atom is 0.251 e. The molecule has 1 aromatic carbocycles. The number of nitrogens with zero attached hydrogens (tertiary/aromatic N) is 1. The van der Waals surface area contributed by atoms with E-state index in [1.165, 1.54) is 17.8 Å². The number of rotatable bonds is 4. The number of hydrogen-bond acceptors (Lipinski definition) is 5. The summed E-state index contributed by atoms with van der Waals surface area (Å²) in [4.78, 5) is 18.6. The number of aromatic nitrogens is 2. The van der Waals surface area contributed by atoms with Gasteiger partial charge in [0, 0.05) is 17.5 Å². The summed E-state index contributed by atoms with van der Waals surface area (Å²) in [6.45, 7) is 2.16. The van der Waals surface area contributed by atoms with Gasteiger partial charge < -0.3 is 14.5 Å². The Bertz CT molecular complexity index is 733. The molecule has 1 N–H and O–H groups in total. The third-order valence-corrected chi connectivity index (χ3v) is 4.22. The molecule has 2 heterocycles. The fourth-order valence-corrected chi connectivity index (χ4v) is 3.10. The van der Waals surface area contributed by atoms with Crippen LogP contribution in [0.4, 0.5) is 0 Å². The molecule has 0 atom stereocenters. The molecule has 1 aliphatic heterocycles. The van der Waals surface area contributed by atoms with Crippen LogP contribution in [0.2, 0.25) is 5.02 Å². The summed E-state index contributed by atoms with van der Waals surface area (Å²) in [6.07, 6.45) is 0.729. The lowest BCUT2D eigenvalue weighted by atomic mass is 10.2. The van der Waals surface area contributed by atoms with Crippen molar-refractivity contribution in [3.05, 3.63) is 44.8 Å². The monoisotopic (exact) mass is 324 g/mol. The van der Waals surface area contributed by atoms with Crippen molar-refractivity contribution >= 4 is 23.4 Å². The fourth-order valence-electron chi connectivity index (χ4n) is 1.99. The number of ether oxygens (including phenoxy) is 2. The molecule has 0 saturated carbocycles. The predicted molar refractivity (Wildman–Crippen MR) is 81.4 cm³/mol. The standard InChI is InChI=1S/C14H13ClN2O3S/c1-2-9-5-12(18)17-14(16-9)21-6-8-3-10(15)13-11(4-8)19-7-20-13/h3-5H,2,6-7H2,1H3,(H,16,17,18). The van der Waals surface area contributed by atoms with Crippen LogP contribution >= 0.6 is 23.4 Å². The third kappa shape index (κ3) is 3.16. The summed E-state index contributed by atoms with van der Waals surface area (Å²) < 4.78 is 10.6. The van der Waals surface area contributed by atoms with Gasteiger partial charge in [0.25, 0.3) is 5.56 Å². The molecular weight excluding hydrogens is 312 g/mol. The SMILES string of the molecule is CCc1cc(=O)[nH]c(SCc2cc(Cl)c3c(c2)OCO3)n1. The lowest BCUT2D eigenvalue weighted by Gasteiger charge is -2.05. The van der Waals surface area contributed by atoms with E-state index >= 15 is 0 Å². The minimum Gasteiger partial charge on any atom is -0.454 e. The smallest absolute Gasteiger partial charge is 0.251 e. The van der Waals surface area contributed by atoms with E-state index in [9.17, 15) is 4.79 Å². The van der Waals surface area contributed by atoms with Crippen LogP contribution < -0.4 is 15.0 Å². The van der Waals surface area contributed by atoms with E-state index in [2.05, 4.69) is 9.97 Å². The minimum absolute atomic E-state index is 0.131. The van der Waals surface area contributed by atoms with E-state index in [0.717, 1.165) is 17.7 Å². The highest BCUT2D eigenvalue weighted by atomic mass is 35.5. The zero-order valence-electron chi connectivity index (χ0n) is 11.3. The fraction of sp³-hybridized carbons (Fsp3) is 0.286. The van der Waals surface area contributed by atoms with Crippen molar-refractivity contribution in [1.29, 1.82) is 0 Å². The highest BCUT2D eigenvalue weighted by molar-refractivity contribution is 7.98. The van der Waals surface area contributed by atoms with Crippen LogP contribution in [0.3, 0.4) is 0 Å². The van der Waals surface area contributed by atoms with Gasteiger partial charge in [-0.25, -0.2) is 4.98 Å². The second-order valence-corrected chi connectivity index (χ2v) is 5.87. The van der Waals surface area contributed by atoms with Gasteiger partial charge in [-0.1, -0.05) is 30.3 Å². The molecule has 0 unspecified atom stereocenters. The molecule has 0 saturated heterocycles. The number of halogens is 1. The molecule has 0 radical (unpaired) electrons. The second-order valence-electron chi connectivity index (χ2n) is 4.50. The molecule has 2 aromatic rings. The summed E-state index contributed by atoms with van der Waals surface area (Å²) in [7, 11) is 0. The van der Waals surface area contributed by atoms with Crippen molar-refractivity contribution in [2.24, 2.45) is 0 Å². The van der Waals surface area contributed by atoms with E-state index in [1.54, 1.807) is 0 Å². The summed E-state index contributed by atoms with van der Waals surface area (Å²) >= 11 is 7.59. The first-order valence-corrected chi connectivity index (χ1v) is 7.83. The summed E-state index contributed by atoms with van der Waals surface area (Å²) in [5.41, 5.74) is 1.64. The number of aromatic amines is 1. The second kappa shape index (κ2) is 5.99. The van der Waals surface area contributed by atoms with Crippen LogP contribution in [-0.2, 0) is 12.2 Å². The summed E-state index contributed by atoms with van der Waals surface area (Å²) in [6, 6.07) is 5.24. The van der Waals surface area contributed by atoms with Crippen molar-refractivity contribution < 1.29 is 9.47 Å². The van der Waals surface area contributed by atoms with Crippen molar-refractivity contribution in [2.45, 2.75) is 24.3 Å². The molecular formula is C14H13ClN2O3S. The minimum atomic E-state index is -0.131. The molecule has 1 aliphatic rings. The zero-order valence-corrected chi connectivity index (χ0v) is 12.9. The number of H-pyrrole nitrogens is 1. The van der Waals surface area contributed by atoms with Crippen molar-refractivity contribution in [3.8, 4) is 11.5 Å². The van der Waals surface area contributed by atoms with Gasteiger partial charge in [-0.2, -0.15) is 0 Å². The molecule has 7 heteroatoms. The molecule has 21 heavy (non-hydrogen) atoms. The number of hydrogen-bond donors (Lipinski definition) is 1. The van der Waals surface area contributed by atoms with Gasteiger partial charge in [0.1, 0.15) is 0 Å². The van der Waals surface area contributed by atoms with Gasteiger partial charge in [-0.15, -0.1) is 0 Å². The number of aryl methyl sites for hydroxylation is 1. The van der Waals surface area contributed by atoms with Gasteiger partial charge in [-0.05, 0) is 24.1 Å². The van der Waals surface area contributed by atoms with E-state index in [4.69, 9.17) is 21.1 Å². The summed E-state index contributed by atoms with van der Waals surface area (Å²) in [5.74, 6) is 1.87. The Hall–Kier alpha value is -1.66. The van der Waals surface area contributed by atoms with Crippen LogP contribution in [0, 0.1) is 0 Å². The van der Waals surface area contributed by atoms with E-state index in [-0.39, 0.29) is 12.4 Å². The van der Waals surface area contributed by atoms with Crippen molar-refractivity contribution in [1.82, 2.24) is 9.97 Å². The van der Waals surface area contributed by atoms with Gasteiger partial charge in [0.05, 0.1) is 5.02 Å². The molecule has 3 rings (SSSR count). The Morgan fingerprint density at radius 3 is 3.05 bits per heavy atom. The topological polar surface area (TPSA) is 64.2 Å². The van der Waals surface area contributed by atoms with E-state index in [0.29, 0.717) is 27.4 Å². The highest BCUT2D eigenvalue weighted by Gasteiger charge is 2.18. The first kappa shape index (κ1) is 14.3. The predicted octanol–water partition coefficient (Wildman–Crippen LogP) is 3.01. The maximum absolute atomic E-state index is 11.5. The van der Waals surface area contributed by atoms with Crippen LogP contribution in [0.25, 0.3) is 0 Å². The van der Waals surface area contributed by atoms with Crippen LogP contribution in [0.5, 0.6) is 11.5 Å². The largest absolute Gasteiger partial charge is 0.454 e. The van der Waals surface area contributed by atoms with Crippen LogP contribution in [0.15, 0.2) is 28.2 Å². The van der Waals surface area contributed by atoms with E-state index < -0.39 is 0 Å². The Labute approximate surface area is 130 Å². The molecule has 0 aliphatic carbocycles. The first-order valence-electron chi connectivity index (χ1n) is 6.46. The van der Waals surface area contributed by atoms with Crippen LogP contribution in [-0.4, -0.2) is 16.8 Å². The van der Waals surface area contributed by atoms with Crippen molar-refractivity contribution in [2.75, 3.05) is 6.79 Å². The first-order chi connectivity index (χ1) is 10.2. The van der Waals surface area contributed by atoms with Gasteiger partial charge in [0.15, 0.2) is 16.7 Å². The number of thioether (sulfide) groups is 1.